The normalized spacial score (nSPS) is 11.2. The summed E-state index contributed by atoms with van der Waals surface area (Å²) >= 11 is 0. The van der Waals surface area contributed by atoms with Gasteiger partial charge in [0.1, 0.15) is 0 Å². The molecule has 0 spiro atoms. The first-order chi connectivity index (χ1) is 13.6. The Morgan fingerprint density at radius 2 is 1.72 bits per heavy atom. The molecule has 0 aliphatic rings. The molecule has 0 amide bonds. The molecule has 0 unspecified atom stereocenters. The Bertz CT molecular complexity index is 573. The van der Waals surface area contributed by atoms with Crippen LogP contribution in [0.25, 0.3) is 0 Å². The summed E-state index contributed by atoms with van der Waals surface area (Å²) < 4.78 is 16.4. The van der Waals surface area contributed by atoms with E-state index in [4.69, 9.17) is 14.2 Å². The third-order valence-corrected chi connectivity index (χ3v) is 4.22. The average molecular weight is 522 g/mol. The van der Waals surface area contributed by atoms with Crippen LogP contribution in [0.3, 0.4) is 0 Å². The predicted molar refractivity (Wildman–Crippen MR) is 131 cm³/mol. The molecule has 1 aromatic carbocycles. The largest absolute Gasteiger partial charge is 0.490 e. The maximum absolute atomic E-state index is 5.69. The van der Waals surface area contributed by atoms with Crippen LogP contribution in [-0.2, 0) is 11.2 Å². The lowest BCUT2D eigenvalue weighted by Crippen LogP contribution is -2.39. The van der Waals surface area contributed by atoms with Crippen molar-refractivity contribution in [1.82, 2.24) is 15.5 Å². The number of hydrogen-bond acceptors (Lipinski definition) is 5. The number of methoxy groups -OCH3 is 1. The van der Waals surface area contributed by atoms with Crippen molar-refractivity contribution in [2.75, 3.05) is 67.2 Å². The number of rotatable bonds is 14. The molecule has 0 bridgehead atoms. The third-order valence-electron chi connectivity index (χ3n) is 4.22. The molecule has 8 heteroatoms. The molecule has 0 aliphatic heterocycles. The fourth-order valence-electron chi connectivity index (χ4n) is 2.71. The van der Waals surface area contributed by atoms with Crippen LogP contribution in [-0.4, -0.2) is 78.1 Å². The van der Waals surface area contributed by atoms with Gasteiger partial charge in [-0.25, -0.2) is 0 Å². The molecule has 0 heterocycles. The van der Waals surface area contributed by atoms with Gasteiger partial charge in [-0.3, -0.25) is 4.99 Å². The Labute approximate surface area is 193 Å². The molecular weight excluding hydrogens is 483 g/mol. The lowest BCUT2D eigenvalue weighted by molar-refractivity contribution is 0.161. The van der Waals surface area contributed by atoms with Crippen molar-refractivity contribution in [3.8, 4) is 11.5 Å². The van der Waals surface area contributed by atoms with Crippen LogP contribution in [0.5, 0.6) is 11.5 Å². The minimum atomic E-state index is 0. The van der Waals surface area contributed by atoms with Gasteiger partial charge in [0.15, 0.2) is 17.5 Å². The minimum absolute atomic E-state index is 0. The second-order valence-corrected chi connectivity index (χ2v) is 6.47. The maximum Gasteiger partial charge on any atom is 0.190 e. The van der Waals surface area contributed by atoms with E-state index in [0.717, 1.165) is 63.1 Å². The molecule has 1 rings (SSSR count). The van der Waals surface area contributed by atoms with Gasteiger partial charge in [0.2, 0.25) is 0 Å². The molecule has 0 saturated heterocycles. The number of guanidine groups is 1. The first-order valence-electron chi connectivity index (χ1n) is 10.1. The van der Waals surface area contributed by atoms with Gasteiger partial charge in [0.25, 0.3) is 0 Å². The quantitative estimate of drug-likeness (QED) is 0.170. The van der Waals surface area contributed by atoms with Gasteiger partial charge in [0, 0.05) is 33.8 Å². The zero-order valence-corrected chi connectivity index (χ0v) is 21.0. The summed E-state index contributed by atoms with van der Waals surface area (Å²) in [6, 6.07) is 6.13. The summed E-state index contributed by atoms with van der Waals surface area (Å²) in [7, 11) is 5.64. The topological polar surface area (TPSA) is 67.4 Å². The van der Waals surface area contributed by atoms with E-state index >= 15 is 0 Å². The van der Waals surface area contributed by atoms with Crippen molar-refractivity contribution < 1.29 is 14.2 Å². The van der Waals surface area contributed by atoms with Crippen molar-refractivity contribution in [2.24, 2.45) is 4.99 Å². The Kier molecular flexibility index (Phi) is 16.8. The van der Waals surface area contributed by atoms with Gasteiger partial charge in [-0.2, -0.15) is 0 Å². The van der Waals surface area contributed by atoms with Crippen LogP contribution in [0.1, 0.15) is 25.8 Å². The predicted octanol–water partition coefficient (Wildman–Crippen LogP) is 2.78. The second kappa shape index (κ2) is 17.6. The average Bonchev–Trinajstić information content (AvgIpc) is 2.70. The zero-order chi connectivity index (χ0) is 20.6. The minimum Gasteiger partial charge on any atom is -0.490 e. The highest BCUT2D eigenvalue weighted by Crippen LogP contribution is 2.28. The summed E-state index contributed by atoms with van der Waals surface area (Å²) in [5.41, 5.74) is 1.20. The summed E-state index contributed by atoms with van der Waals surface area (Å²) in [6.45, 7) is 9.64. The lowest BCUT2D eigenvalue weighted by Gasteiger charge is -2.17. The Hall–Kier alpha value is -1.26. The maximum atomic E-state index is 5.69. The number of nitrogens with one attached hydrogen (secondary N) is 2. The van der Waals surface area contributed by atoms with Gasteiger partial charge in [0.05, 0.1) is 19.8 Å². The molecule has 0 radical (unpaired) electrons. The van der Waals surface area contributed by atoms with Gasteiger partial charge in [-0.1, -0.05) is 6.07 Å². The smallest absolute Gasteiger partial charge is 0.190 e. The van der Waals surface area contributed by atoms with E-state index in [1.165, 1.54) is 5.56 Å². The SMILES string of the molecule is CCOc1ccc(CCNC(=NC)NCCCN(C)CCOC)cc1OCC.I. The van der Waals surface area contributed by atoms with Crippen molar-refractivity contribution in [2.45, 2.75) is 26.7 Å². The van der Waals surface area contributed by atoms with Gasteiger partial charge < -0.3 is 29.7 Å². The number of hydrogen-bond donors (Lipinski definition) is 2. The molecule has 0 aromatic heterocycles. The van der Waals surface area contributed by atoms with Crippen molar-refractivity contribution in [1.29, 1.82) is 0 Å². The number of benzene rings is 1. The zero-order valence-electron chi connectivity index (χ0n) is 18.6. The lowest BCUT2D eigenvalue weighted by atomic mass is 10.1. The highest BCUT2D eigenvalue weighted by atomic mass is 127. The van der Waals surface area contributed by atoms with E-state index in [9.17, 15) is 0 Å². The highest BCUT2D eigenvalue weighted by Gasteiger charge is 2.06. The number of halogens is 1. The van der Waals surface area contributed by atoms with Crippen LogP contribution in [0.2, 0.25) is 0 Å². The van der Waals surface area contributed by atoms with E-state index in [1.807, 2.05) is 19.9 Å². The summed E-state index contributed by atoms with van der Waals surface area (Å²) in [5.74, 6) is 2.44. The fraction of sp³-hybridized carbons (Fsp3) is 0.667. The van der Waals surface area contributed by atoms with E-state index in [0.29, 0.717) is 13.2 Å². The fourth-order valence-corrected chi connectivity index (χ4v) is 2.71. The molecule has 0 atom stereocenters. The van der Waals surface area contributed by atoms with Crippen LogP contribution in [0, 0.1) is 0 Å². The molecular formula is C21H39IN4O3. The van der Waals surface area contributed by atoms with Crippen molar-refractivity contribution in [3.63, 3.8) is 0 Å². The van der Waals surface area contributed by atoms with E-state index < -0.39 is 0 Å². The molecule has 168 valence electrons. The molecule has 2 N–H and O–H groups in total. The highest BCUT2D eigenvalue weighted by molar-refractivity contribution is 14.0. The van der Waals surface area contributed by atoms with Crippen molar-refractivity contribution in [3.05, 3.63) is 23.8 Å². The van der Waals surface area contributed by atoms with Gasteiger partial charge in [-0.15, -0.1) is 24.0 Å². The number of likely N-dealkylation sites (N-methyl/N-ethyl adjacent to an activating group) is 1. The Morgan fingerprint density at radius 3 is 2.38 bits per heavy atom. The first kappa shape index (κ1) is 27.7. The number of nitrogens with zero attached hydrogens (tertiary/aromatic N) is 2. The van der Waals surface area contributed by atoms with Crippen LogP contribution in [0.4, 0.5) is 0 Å². The molecule has 0 aliphatic carbocycles. The molecule has 1 aromatic rings. The number of aliphatic imine (C=N–C) groups is 1. The molecule has 0 fully saturated rings. The van der Waals surface area contributed by atoms with E-state index in [2.05, 4.69) is 39.7 Å². The second-order valence-electron chi connectivity index (χ2n) is 6.47. The molecule has 7 nitrogen and oxygen atoms in total. The summed E-state index contributed by atoms with van der Waals surface area (Å²) in [6.07, 6.45) is 1.93. The molecule has 29 heavy (non-hydrogen) atoms. The van der Waals surface area contributed by atoms with Crippen LogP contribution in [0.15, 0.2) is 23.2 Å². The summed E-state index contributed by atoms with van der Waals surface area (Å²) in [5, 5.41) is 6.73. The standard InChI is InChI=1S/C21H38N4O3.HI/c1-6-27-19-10-9-18(17-20(19)28-7-2)11-13-24-21(22-3)23-12-8-14-25(4)15-16-26-5;/h9-10,17H,6-8,11-16H2,1-5H3,(H2,22,23,24);1H. The third kappa shape index (κ3) is 12.1. The van der Waals surface area contributed by atoms with Gasteiger partial charge >= 0.3 is 0 Å². The van der Waals surface area contributed by atoms with E-state index in [1.54, 1.807) is 14.2 Å². The van der Waals surface area contributed by atoms with E-state index in [-0.39, 0.29) is 24.0 Å². The van der Waals surface area contributed by atoms with Crippen molar-refractivity contribution >= 4 is 29.9 Å². The monoisotopic (exact) mass is 522 g/mol. The van der Waals surface area contributed by atoms with Crippen LogP contribution < -0.4 is 20.1 Å². The Morgan fingerprint density at radius 1 is 1.03 bits per heavy atom. The van der Waals surface area contributed by atoms with Gasteiger partial charge in [-0.05, 0) is 58.0 Å². The number of ether oxygens (including phenoxy) is 3. The molecule has 0 saturated carbocycles. The summed E-state index contributed by atoms with van der Waals surface area (Å²) in [4.78, 5) is 6.55. The Balaban J connectivity index is 0.00000784. The van der Waals surface area contributed by atoms with Crippen LogP contribution >= 0.6 is 24.0 Å². The first-order valence-corrected chi connectivity index (χ1v) is 10.1.